The lowest BCUT2D eigenvalue weighted by Crippen LogP contribution is -2.20. The van der Waals surface area contributed by atoms with Crippen LogP contribution < -0.4 is 10.2 Å². The van der Waals surface area contributed by atoms with Crippen LogP contribution >= 0.6 is 0 Å². The maximum atomic E-state index is 13.1. The van der Waals surface area contributed by atoms with E-state index in [4.69, 9.17) is 4.74 Å². The van der Waals surface area contributed by atoms with Crippen LogP contribution in [0.15, 0.2) is 77.9 Å². The summed E-state index contributed by atoms with van der Waals surface area (Å²) in [6.45, 7) is 2.12. The average Bonchev–Trinajstić information content (AvgIpc) is 2.87. The van der Waals surface area contributed by atoms with Gasteiger partial charge in [0.05, 0.1) is 11.3 Å². The summed E-state index contributed by atoms with van der Waals surface area (Å²) in [6.07, 6.45) is 6.51. The van der Waals surface area contributed by atoms with Gasteiger partial charge in [0.2, 0.25) is 0 Å². The van der Waals surface area contributed by atoms with Gasteiger partial charge in [0.15, 0.2) is 0 Å². The molecule has 1 N–H and O–H groups in total. The van der Waals surface area contributed by atoms with E-state index in [0.29, 0.717) is 17.2 Å². The number of hydrazone groups is 1. The zero-order valence-corrected chi connectivity index (χ0v) is 18.9. The lowest BCUT2D eigenvalue weighted by atomic mass is 9.84. The summed E-state index contributed by atoms with van der Waals surface area (Å²) in [7, 11) is 0. The normalized spacial score (nSPS) is 14.7. The molecule has 4 nitrogen and oxygen atoms in total. The number of nitrogens with one attached hydrogen (secondary N) is 1. The highest BCUT2D eigenvalue weighted by atomic mass is 19.1. The molecule has 3 aromatic rings. The number of carbonyl (C=O) groups is 1. The molecule has 1 fully saturated rings. The Kier molecular flexibility index (Phi) is 7.51. The van der Waals surface area contributed by atoms with Crippen LogP contribution in [0.25, 0.3) is 0 Å². The van der Waals surface area contributed by atoms with E-state index >= 15 is 0 Å². The summed E-state index contributed by atoms with van der Waals surface area (Å²) in [6, 6.07) is 21.6. The molecule has 0 heterocycles. The third kappa shape index (κ3) is 6.07. The summed E-state index contributed by atoms with van der Waals surface area (Å²) < 4.78 is 18.9. The number of benzene rings is 3. The predicted molar refractivity (Wildman–Crippen MR) is 129 cm³/mol. The summed E-state index contributed by atoms with van der Waals surface area (Å²) in [4.78, 5) is 12.8. The van der Waals surface area contributed by atoms with E-state index in [1.807, 2.05) is 6.92 Å². The molecule has 0 unspecified atom stereocenters. The van der Waals surface area contributed by atoms with Crippen molar-refractivity contribution in [3.63, 3.8) is 0 Å². The Morgan fingerprint density at radius 3 is 2.39 bits per heavy atom. The van der Waals surface area contributed by atoms with Gasteiger partial charge in [-0.05, 0) is 66.6 Å². The highest BCUT2D eigenvalue weighted by Gasteiger charge is 2.16. The molecule has 33 heavy (non-hydrogen) atoms. The maximum Gasteiger partial charge on any atom is 0.275 e. The van der Waals surface area contributed by atoms with Crippen molar-refractivity contribution in [2.75, 3.05) is 0 Å². The molecule has 0 saturated heterocycles. The molecule has 1 saturated carbocycles. The van der Waals surface area contributed by atoms with Crippen molar-refractivity contribution in [3.8, 4) is 5.75 Å². The highest BCUT2D eigenvalue weighted by molar-refractivity contribution is 6.01. The van der Waals surface area contributed by atoms with Gasteiger partial charge in [0.1, 0.15) is 18.2 Å². The Hall–Kier alpha value is -3.47. The predicted octanol–water partition coefficient (Wildman–Crippen LogP) is 6.61. The topological polar surface area (TPSA) is 50.7 Å². The SMILES string of the molecule is CC(=NNC(=O)c1ccccc1OCc1ccc(F)cc1)c1ccc(C2CCCCC2)cc1. The van der Waals surface area contributed by atoms with E-state index in [9.17, 15) is 9.18 Å². The first-order valence-corrected chi connectivity index (χ1v) is 11.5. The Balaban J connectivity index is 1.39. The van der Waals surface area contributed by atoms with Crippen LogP contribution in [0.2, 0.25) is 0 Å². The van der Waals surface area contributed by atoms with Gasteiger partial charge in [-0.1, -0.05) is 67.8 Å². The standard InChI is InChI=1S/C28H29FN2O2/c1-20(22-13-15-24(16-14-22)23-7-3-2-4-8-23)30-31-28(32)26-9-5-6-10-27(26)33-19-21-11-17-25(29)18-12-21/h5-6,9-18,23H,2-4,7-8,19H2,1H3,(H,31,32). The zero-order chi connectivity index (χ0) is 23.0. The second-order valence-electron chi connectivity index (χ2n) is 8.51. The van der Waals surface area contributed by atoms with Crippen molar-refractivity contribution in [1.29, 1.82) is 0 Å². The Labute approximate surface area is 194 Å². The lowest BCUT2D eigenvalue weighted by Gasteiger charge is -2.22. The quantitative estimate of drug-likeness (QED) is 0.329. The van der Waals surface area contributed by atoms with Crippen molar-refractivity contribution in [2.24, 2.45) is 5.10 Å². The lowest BCUT2D eigenvalue weighted by molar-refractivity contribution is 0.0950. The highest BCUT2D eigenvalue weighted by Crippen LogP contribution is 2.32. The van der Waals surface area contributed by atoms with Gasteiger partial charge in [0.25, 0.3) is 5.91 Å². The van der Waals surface area contributed by atoms with Gasteiger partial charge in [0, 0.05) is 0 Å². The van der Waals surface area contributed by atoms with E-state index in [1.54, 1.807) is 36.4 Å². The van der Waals surface area contributed by atoms with Gasteiger partial charge in [-0.3, -0.25) is 4.79 Å². The van der Waals surface area contributed by atoms with Crippen LogP contribution in [0.5, 0.6) is 5.75 Å². The smallest absolute Gasteiger partial charge is 0.275 e. The van der Waals surface area contributed by atoms with E-state index in [1.165, 1.54) is 49.8 Å². The van der Waals surface area contributed by atoms with Crippen molar-refractivity contribution in [3.05, 3.63) is 101 Å². The van der Waals surface area contributed by atoms with E-state index in [0.717, 1.165) is 16.8 Å². The number of halogens is 1. The first-order chi connectivity index (χ1) is 16.1. The summed E-state index contributed by atoms with van der Waals surface area (Å²) in [5, 5.41) is 4.30. The molecule has 1 aliphatic carbocycles. The second-order valence-corrected chi connectivity index (χ2v) is 8.51. The monoisotopic (exact) mass is 444 g/mol. The van der Waals surface area contributed by atoms with Gasteiger partial charge in [-0.25, -0.2) is 9.82 Å². The molecule has 0 aliphatic heterocycles. The van der Waals surface area contributed by atoms with Gasteiger partial charge < -0.3 is 4.74 Å². The molecule has 0 radical (unpaired) electrons. The summed E-state index contributed by atoms with van der Waals surface area (Å²) >= 11 is 0. The van der Waals surface area contributed by atoms with Gasteiger partial charge in [-0.2, -0.15) is 5.10 Å². The van der Waals surface area contributed by atoms with Crippen molar-refractivity contribution in [1.82, 2.24) is 5.43 Å². The average molecular weight is 445 g/mol. The van der Waals surface area contributed by atoms with Crippen molar-refractivity contribution in [2.45, 2.75) is 51.6 Å². The number of amides is 1. The largest absolute Gasteiger partial charge is 0.488 e. The first kappa shape index (κ1) is 22.7. The molecule has 0 bridgehead atoms. The van der Waals surface area contributed by atoms with E-state index < -0.39 is 0 Å². The molecule has 1 amide bonds. The van der Waals surface area contributed by atoms with Crippen molar-refractivity contribution < 1.29 is 13.9 Å². The van der Waals surface area contributed by atoms with Gasteiger partial charge >= 0.3 is 0 Å². The summed E-state index contributed by atoms with van der Waals surface area (Å²) in [5.41, 5.74) is 6.96. The van der Waals surface area contributed by atoms with Crippen LogP contribution in [0.3, 0.4) is 0 Å². The molecule has 3 aromatic carbocycles. The fourth-order valence-electron chi connectivity index (χ4n) is 4.21. The minimum atomic E-state index is -0.345. The minimum absolute atomic E-state index is 0.236. The molecule has 5 heteroatoms. The van der Waals surface area contributed by atoms with Crippen LogP contribution in [0.4, 0.5) is 4.39 Å². The number of carbonyl (C=O) groups excluding carboxylic acids is 1. The minimum Gasteiger partial charge on any atom is -0.488 e. The van der Waals surface area contributed by atoms with Crippen LogP contribution in [-0.2, 0) is 6.61 Å². The van der Waals surface area contributed by atoms with Crippen LogP contribution in [-0.4, -0.2) is 11.6 Å². The van der Waals surface area contributed by atoms with E-state index in [2.05, 4.69) is 34.8 Å². The molecular weight excluding hydrogens is 415 g/mol. The molecular formula is C28H29FN2O2. The third-order valence-electron chi connectivity index (χ3n) is 6.17. The van der Waals surface area contributed by atoms with Gasteiger partial charge in [-0.15, -0.1) is 0 Å². The molecule has 0 atom stereocenters. The zero-order valence-electron chi connectivity index (χ0n) is 18.9. The molecule has 170 valence electrons. The fourth-order valence-corrected chi connectivity index (χ4v) is 4.21. The number of hydrogen-bond donors (Lipinski definition) is 1. The third-order valence-corrected chi connectivity index (χ3v) is 6.17. The fraction of sp³-hybridized carbons (Fsp3) is 0.286. The number of hydrogen-bond acceptors (Lipinski definition) is 3. The Bertz CT molecular complexity index is 1100. The number of para-hydroxylation sites is 1. The van der Waals surface area contributed by atoms with Crippen LogP contribution in [0, 0.1) is 5.82 Å². The van der Waals surface area contributed by atoms with Crippen LogP contribution in [0.1, 0.15) is 72.0 Å². The van der Waals surface area contributed by atoms with E-state index in [-0.39, 0.29) is 18.3 Å². The number of ether oxygens (including phenoxy) is 1. The second kappa shape index (κ2) is 10.9. The molecule has 1 aliphatic rings. The molecule has 0 aromatic heterocycles. The molecule has 0 spiro atoms. The first-order valence-electron chi connectivity index (χ1n) is 11.5. The summed E-state index contributed by atoms with van der Waals surface area (Å²) in [5.74, 6) is 0.471. The number of nitrogens with zero attached hydrogens (tertiary/aromatic N) is 1. The molecule has 4 rings (SSSR count). The van der Waals surface area contributed by atoms with Crippen molar-refractivity contribution >= 4 is 11.6 Å². The Morgan fingerprint density at radius 2 is 1.67 bits per heavy atom. The Morgan fingerprint density at radius 1 is 0.970 bits per heavy atom. The number of rotatable bonds is 7. The maximum absolute atomic E-state index is 13.1.